The number of ether oxygens (including phenoxy) is 3. The van der Waals surface area contributed by atoms with Gasteiger partial charge in [0.15, 0.2) is 6.29 Å². The van der Waals surface area contributed by atoms with E-state index in [-0.39, 0.29) is 18.1 Å². The van der Waals surface area contributed by atoms with Crippen LogP contribution >= 0.6 is 0 Å². The van der Waals surface area contributed by atoms with Crippen LogP contribution in [0.4, 0.5) is 0 Å². The lowest BCUT2D eigenvalue weighted by atomic mass is 10.3. The molecule has 0 fully saturated rings. The molecule has 17 heavy (non-hydrogen) atoms. The first kappa shape index (κ1) is 13.8. The number of phenolic OH excluding ortho intramolecular Hbond substituents is 1. The molecule has 4 heteroatoms. The molecule has 0 bridgehead atoms. The summed E-state index contributed by atoms with van der Waals surface area (Å²) < 4.78 is 16.4. The van der Waals surface area contributed by atoms with E-state index in [1.165, 1.54) is 0 Å². The van der Waals surface area contributed by atoms with Gasteiger partial charge >= 0.3 is 0 Å². The Morgan fingerprint density at radius 2 is 1.82 bits per heavy atom. The molecule has 4 nitrogen and oxygen atoms in total. The van der Waals surface area contributed by atoms with Crippen molar-refractivity contribution in [3.05, 3.63) is 24.3 Å². The summed E-state index contributed by atoms with van der Waals surface area (Å²) in [5.41, 5.74) is 0. The maximum atomic E-state index is 9.13. The maximum Gasteiger partial charge on any atom is 0.197 e. The molecule has 0 aromatic heterocycles. The molecule has 1 aromatic carbocycles. The minimum absolute atomic E-state index is 0.0120. The average Bonchev–Trinajstić information content (AvgIpc) is 2.29. The molecule has 0 amide bonds. The van der Waals surface area contributed by atoms with Gasteiger partial charge in [0, 0.05) is 6.61 Å². The van der Waals surface area contributed by atoms with Crippen molar-refractivity contribution in [3.63, 3.8) is 0 Å². The zero-order valence-electron chi connectivity index (χ0n) is 10.6. The van der Waals surface area contributed by atoms with E-state index in [0.29, 0.717) is 19.0 Å². The molecule has 0 heterocycles. The number of aromatic hydroxyl groups is 1. The number of benzene rings is 1. The number of rotatable bonds is 7. The average molecular weight is 240 g/mol. The van der Waals surface area contributed by atoms with Crippen molar-refractivity contribution >= 4 is 0 Å². The Morgan fingerprint density at radius 3 is 2.41 bits per heavy atom. The second kappa shape index (κ2) is 7.14. The van der Waals surface area contributed by atoms with Gasteiger partial charge in [-0.15, -0.1) is 0 Å². The molecule has 1 rings (SSSR count). The highest BCUT2D eigenvalue weighted by Gasteiger charge is 2.09. The van der Waals surface area contributed by atoms with Gasteiger partial charge in [-0.2, -0.15) is 0 Å². The molecule has 0 saturated heterocycles. The second-order valence-electron chi connectivity index (χ2n) is 3.79. The van der Waals surface area contributed by atoms with Crippen molar-refractivity contribution in [1.29, 1.82) is 0 Å². The Balaban J connectivity index is 2.33. The summed E-state index contributed by atoms with van der Waals surface area (Å²) in [5, 5.41) is 9.13. The van der Waals surface area contributed by atoms with Crippen LogP contribution in [-0.2, 0) is 9.47 Å². The maximum absolute atomic E-state index is 9.13. The van der Waals surface area contributed by atoms with Gasteiger partial charge in [-0.05, 0) is 45.0 Å². The predicted octanol–water partition coefficient (Wildman–Crippen LogP) is 2.56. The highest BCUT2D eigenvalue weighted by molar-refractivity contribution is 5.30. The van der Waals surface area contributed by atoms with Crippen molar-refractivity contribution in [3.8, 4) is 11.5 Å². The first-order valence-corrected chi connectivity index (χ1v) is 5.80. The lowest BCUT2D eigenvalue weighted by Gasteiger charge is -2.20. The molecule has 0 aliphatic heterocycles. The van der Waals surface area contributed by atoms with Crippen LogP contribution in [0.25, 0.3) is 0 Å². The Bertz CT molecular complexity index is 310. The number of phenols is 1. The monoisotopic (exact) mass is 240 g/mol. The minimum atomic E-state index is -0.352. The Kier molecular flexibility index (Phi) is 5.80. The smallest absolute Gasteiger partial charge is 0.197 e. The molecule has 0 saturated carbocycles. The molecule has 96 valence electrons. The molecule has 2 unspecified atom stereocenters. The summed E-state index contributed by atoms with van der Waals surface area (Å²) in [6.07, 6.45) is -0.364. The normalized spacial score (nSPS) is 14.3. The molecule has 0 radical (unpaired) electrons. The first-order valence-electron chi connectivity index (χ1n) is 5.80. The SMILES string of the molecule is CCOCC(C)OC(C)Oc1ccc(O)cc1. The van der Waals surface area contributed by atoms with Crippen molar-refractivity contribution in [2.24, 2.45) is 0 Å². The lowest BCUT2D eigenvalue weighted by molar-refractivity contribution is -0.121. The Morgan fingerprint density at radius 1 is 1.18 bits per heavy atom. The van der Waals surface area contributed by atoms with Crippen molar-refractivity contribution in [2.75, 3.05) is 13.2 Å². The summed E-state index contributed by atoms with van der Waals surface area (Å²) in [6, 6.07) is 6.54. The molecular formula is C13H20O4. The van der Waals surface area contributed by atoms with Gasteiger partial charge in [0.05, 0.1) is 12.7 Å². The molecule has 1 aromatic rings. The Labute approximate surface area is 102 Å². The topological polar surface area (TPSA) is 47.9 Å². The predicted molar refractivity (Wildman–Crippen MR) is 65.2 cm³/mol. The second-order valence-corrected chi connectivity index (χ2v) is 3.79. The highest BCUT2D eigenvalue weighted by atomic mass is 16.7. The highest BCUT2D eigenvalue weighted by Crippen LogP contribution is 2.17. The van der Waals surface area contributed by atoms with Crippen LogP contribution in [0.3, 0.4) is 0 Å². The van der Waals surface area contributed by atoms with Crippen LogP contribution in [0.15, 0.2) is 24.3 Å². The van der Waals surface area contributed by atoms with E-state index in [1.54, 1.807) is 24.3 Å². The molecular weight excluding hydrogens is 220 g/mol. The molecule has 0 aliphatic rings. The van der Waals surface area contributed by atoms with E-state index >= 15 is 0 Å². The summed E-state index contributed by atoms with van der Waals surface area (Å²) in [7, 11) is 0. The summed E-state index contributed by atoms with van der Waals surface area (Å²) in [4.78, 5) is 0. The molecule has 0 aliphatic carbocycles. The van der Waals surface area contributed by atoms with Crippen LogP contribution < -0.4 is 4.74 Å². The van der Waals surface area contributed by atoms with Crippen LogP contribution in [0, 0.1) is 0 Å². The van der Waals surface area contributed by atoms with E-state index in [1.807, 2.05) is 20.8 Å². The zero-order valence-corrected chi connectivity index (χ0v) is 10.6. The fourth-order valence-corrected chi connectivity index (χ4v) is 1.39. The third kappa shape index (κ3) is 5.56. The first-order chi connectivity index (χ1) is 8.11. The van der Waals surface area contributed by atoms with E-state index in [2.05, 4.69) is 0 Å². The van der Waals surface area contributed by atoms with Crippen molar-refractivity contribution < 1.29 is 19.3 Å². The van der Waals surface area contributed by atoms with Gasteiger partial charge in [0.25, 0.3) is 0 Å². The minimum Gasteiger partial charge on any atom is -0.508 e. The largest absolute Gasteiger partial charge is 0.508 e. The molecule has 1 N–H and O–H groups in total. The fourth-order valence-electron chi connectivity index (χ4n) is 1.39. The quantitative estimate of drug-likeness (QED) is 0.744. The fraction of sp³-hybridized carbons (Fsp3) is 0.538. The van der Waals surface area contributed by atoms with Gasteiger partial charge < -0.3 is 19.3 Å². The number of hydrogen-bond donors (Lipinski definition) is 1. The van der Waals surface area contributed by atoms with Gasteiger partial charge in [0.1, 0.15) is 11.5 Å². The van der Waals surface area contributed by atoms with E-state index < -0.39 is 0 Å². The van der Waals surface area contributed by atoms with Gasteiger partial charge in [-0.25, -0.2) is 0 Å². The van der Waals surface area contributed by atoms with Crippen LogP contribution in [0.2, 0.25) is 0 Å². The van der Waals surface area contributed by atoms with Gasteiger partial charge in [-0.3, -0.25) is 0 Å². The number of hydrogen-bond acceptors (Lipinski definition) is 4. The standard InChI is InChI=1S/C13H20O4/c1-4-15-9-10(2)16-11(3)17-13-7-5-12(14)6-8-13/h5-8,10-11,14H,4,9H2,1-3H3. The third-order valence-electron chi connectivity index (χ3n) is 2.12. The van der Waals surface area contributed by atoms with Crippen LogP contribution in [-0.4, -0.2) is 30.7 Å². The van der Waals surface area contributed by atoms with Crippen molar-refractivity contribution in [2.45, 2.75) is 33.2 Å². The summed E-state index contributed by atoms with van der Waals surface area (Å²) in [5.74, 6) is 0.884. The summed E-state index contributed by atoms with van der Waals surface area (Å²) >= 11 is 0. The van der Waals surface area contributed by atoms with Crippen LogP contribution in [0.1, 0.15) is 20.8 Å². The zero-order chi connectivity index (χ0) is 12.7. The third-order valence-corrected chi connectivity index (χ3v) is 2.12. The van der Waals surface area contributed by atoms with Crippen LogP contribution in [0.5, 0.6) is 11.5 Å². The summed E-state index contributed by atoms with van der Waals surface area (Å²) in [6.45, 7) is 6.95. The lowest BCUT2D eigenvalue weighted by Crippen LogP contribution is -2.25. The van der Waals surface area contributed by atoms with E-state index in [0.717, 1.165) is 0 Å². The van der Waals surface area contributed by atoms with E-state index in [9.17, 15) is 0 Å². The molecule has 0 spiro atoms. The van der Waals surface area contributed by atoms with E-state index in [4.69, 9.17) is 19.3 Å². The molecule has 2 atom stereocenters. The van der Waals surface area contributed by atoms with Gasteiger partial charge in [-0.1, -0.05) is 0 Å². The Hall–Kier alpha value is -1.26. The van der Waals surface area contributed by atoms with Gasteiger partial charge in [0.2, 0.25) is 0 Å². The van der Waals surface area contributed by atoms with Crippen molar-refractivity contribution in [1.82, 2.24) is 0 Å².